The van der Waals surface area contributed by atoms with Crippen molar-refractivity contribution in [1.82, 2.24) is 0 Å². The third kappa shape index (κ3) is 7.97. The van der Waals surface area contributed by atoms with Crippen LogP contribution in [0.2, 0.25) is 15.1 Å². The van der Waals surface area contributed by atoms with Crippen molar-refractivity contribution in [3.63, 3.8) is 0 Å². The second-order valence-corrected chi connectivity index (χ2v) is 17.2. The van der Waals surface area contributed by atoms with Crippen molar-refractivity contribution in [2.24, 2.45) is 0 Å². The van der Waals surface area contributed by atoms with Crippen LogP contribution < -0.4 is 0 Å². The first-order chi connectivity index (χ1) is 28.8. The molecule has 0 aromatic heterocycles. The van der Waals surface area contributed by atoms with E-state index in [9.17, 15) is 0 Å². The van der Waals surface area contributed by atoms with Gasteiger partial charge in [-0.1, -0.05) is 186 Å². The molecule has 284 valence electrons. The zero-order chi connectivity index (χ0) is 40.5. The van der Waals surface area contributed by atoms with E-state index in [0.29, 0.717) is 0 Å². The van der Waals surface area contributed by atoms with Gasteiger partial charge < -0.3 is 0 Å². The van der Waals surface area contributed by atoms with Gasteiger partial charge in [0.1, 0.15) is 0 Å². The molecule has 0 amide bonds. The van der Waals surface area contributed by atoms with Gasteiger partial charge in [-0.15, -0.1) is 0 Å². The van der Waals surface area contributed by atoms with E-state index in [1.165, 1.54) is 76.1 Å². The van der Waals surface area contributed by atoms with Gasteiger partial charge in [0.2, 0.25) is 0 Å². The van der Waals surface area contributed by atoms with Gasteiger partial charge in [-0.05, 0) is 167 Å². The van der Waals surface area contributed by atoms with Gasteiger partial charge in [0, 0.05) is 24.0 Å². The number of fused-ring (bicyclic) bond motifs is 6. The molecule has 0 aliphatic heterocycles. The van der Waals surface area contributed by atoms with Gasteiger partial charge in [-0.25, -0.2) is 0 Å². The van der Waals surface area contributed by atoms with Crippen LogP contribution in [-0.2, 0) is 0 Å². The van der Waals surface area contributed by atoms with Gasteiger partial charge >= 0.3 is 0 Å². The van der Waals surface area contributed by atoms with Gasteiger partial charge in [0.15, 0.2) is 0 Å². The number of halogens is 5. The highest BCUT2D eigenvalue weighted by molar-refractivity contribution is 9.11. The molecular weight excluding hydrogens is 915 g/mol. The van der Waals surface area contributed by atoms with Crippen LogP contribution in [0, 0.1) is 0 Å². The first-order valence-electron chi connectivity index (χ1n) is 19.1. The molecule has 0 fully saturated rings. The summed E-state index contributed by atoms with van der Waals surface area (Å²) in [6.07, 6.45) is 0. The van der Waals surface area contributed by atoms with Crippen molar-refractivity contribution in [2.75, 3.05) is 0 Å². The van der Waals surface area contributed by atoms with E-state index in [1.54, 1.807) is 0 Å². The Morgan fingerprint density at radius 1 is 0.254 bits per heavy atom. The molecule has 11 aromatic carbocycles. The standard InChI is InChI=1S/C20H12BrCl.C20H13Cl.C14H8BrCl/c21-20-17-9-5-4-8-15(17)19(13-6-2-1-3-7-13)16-11-10-14(22)12-18(16)20;21-17-10-11-19-16(13-17)12-15-8-4-5-9-18(15)20(19)14-6-2-1-3-7-14;15-14-12-4-2-1-3-9(12)7-10-8-11(16)5-6-13(10)14/h1-12H;1-13H;1-8H. The van der Waals surface area contributed by atoms with Gasteiger partial charge in [-0.3, -0.25) is 0 Å². The number of hydrogen-bond acceptors (Lipinski definition) is 0. The van der Waals surface area contributed by atoms with E-state index in [1.807, 2.05) is 60.7 Å². The van der Waals surface area contributed by atoms with Gasteiger partial charge in [0.25, 0.3) is 0 Å². The molecule has 0 saturated heterocycles. The zero-order valence-corrected chi connectivity index (χ0v) is 36.9. The van der Waals surface area contributed by atoms with Crippen molar-refractivity contribution in [1.29, 1.82) is 0 Å². The average Bonchev–Trinajstić information content (AvgIpc) is 3.27. The number of rotatable bonds is 2. The highest BCUT2D eigenvalue weighted by Gasteiger charge is 2.14. The normalized spacial score (nSPS) is 11.1. The average molecular weight is 948 g/mol. The quantitative estimate of drug-likeness (QED) is 0.152. The van der Waals surface area contributed by atoms with E-state index in [0.717, 1.165) is 34.8 Å². The first-order valence-corrected chi connectivity index (χ1v) is 21.8. The van der Waals surface area contributed by atoms with Crippen molar-refractivity contribution < 1.29 is 0 Å². The lowest BCUT2D eigenvalue weighted by atomic mass is 9.92. The lowest BCUT2D eigenvalue weighted by Gasteiger charge is -2.14. The first kappa shape index (κ1) is 39.3. The SMILES string of the molecule is Clc1ccc2c(-c3ccccc3)c3ccccc3c(Br)c2c1.Clc1ccc2c(-c3ccccc3)c3ccccc3cc2c1.Clc1ccc2c(Br)c3ccccc3cc2c1. The summed E-state index contributed by atoms with van der Waals surface area (Å²) in [7, 11) is 0. The lowest BCUT2D eigenvalue weighted by Crippen LogP contribution is -1.87. The largest absolute Gasteiger partial charge is 0.0843 e. The van der Waals surface area contributed by atoms with Crippen molar-refractivity contribution in [3.8, 4) is 22.3 Å². The molecule has 0 unspecified atom stereocenters. The number of hydrogen-bond donors (Lipinski definition) is 0. The van der Waals surface area contributed by atoms with Crippen LogP contribution in [0.1, 0.15) is 0 Å². The van der Waals surface area contributed by atoms with Crippen molar-refractivity contribution >= 4 is 131 Å². The molecule has 0 saturated carbocycles. The van der Waals surface area contributed by atoms with Crippen LogP contribution in [0.4, 0.5) is 0 Å². The Bertz CT molecular complexity index is 3330. The Labute approximate surface area is 374 Å². The number of benzene rings is 11. The van der Waals surface area contributed by atoms with Crippen LogP contribution in [0.3, 0.4) is 0 Å². The topological polar surface area (TPSA) is 0 Å². The monoisotopic (exact) mass is 944 g/mol. The molecule has 0 bridgehead atoms. The third-order valence-electron chi connectivity index (χ3n) is 10.6. The summed E-state index contributed by atoms with van der Waals surface area (Å²) in [6.45, 7) is 0. The molecule has 0 N–H and O–H groups in total. The van der Waals surface area contributed by atoms with Crippen LogP contribution in [0.15, 0.2) is 209 Å². The third-order valence-corrected chi connectivity index (χ3v) is 13.0. The minimum Gasteiger partial charge on any atom is -0.0843 e. The fourth-order valence-electron chi connectivity index (χ4n) is 7.96. The maximum absolute atomic E-state index is 6.22. The predicted molar refractivity (Wildman–Crippen MR) is 266 cm³/mol. The van der Waals surface area contributed by atoms with Gasteiger partial charge in [0.05, 0.1) is 0 Å². The maximum atomic E-state index is 6.22. The fourth-order valence-corrected chi connectivity index (χ4v) is 9.89. The summed E-state index contributed by atoms with van der Waals surface area (Å²) < 4.78 is 2.23. The molecule has 0 atom stereocenters. The minimum absolute atomic E-state index is 0.752. The van der Waals surface area contributed by atoms with E-state index in [-0.39, 0.29) is 0 Å². The van der Waals surface area contributed by atoms with E-state index < -0.39 is 0 Å². The van der Waals surface area contributed by atoms with E-state index in [2.05, 4.69) is 171 Å². The summed E-state index contributed by atoms with van der Waals surface area (Å²) in [5.74, 6) is 0. The van der Waals surface area contributed by atoms with E-state index in [4.69, 9.17) is 34.8 Å². The smallest absolute Gasteiger partial charge is 0.0412 e. The zero-order valence-electron chi connectivity index (χ0n) is 31.4. The summed E-state index contributed by atoms with van der Waals surface area (Å²) >= 11 is 25.8. The molecule has 0 aliphatic carbocycles. The maximum Gasteiger partial charge on any atom is 0.0412 e. The molecule has 11 aromatic rings. The second kappa shape index (κ2) is 17.2. The fraction of sp³-hybridized carbons (Fsp3) is 0. The van der Waals surface area contributed by atoms with Crippen LogP contribution >= 0.6 is 66.7 Å². The Kier molecular flexibility index (Phi) is 11.4. The minimum atomic E-state index is 0.752. The lowest BCUT2D eigenvalue weighted by molar-refractivity contribution is 1.66. The summed E-state index contributed by atoms with van der Waals surface area (Å²) in [5.41, 5.74) is 4.99. The molecule has 0 spiro atoms. The molecule has 0 radical (unpaired) electrons. The summed E-state index contributed by atoms with van der Waals surface area (Å²) in [4.78, 5) is 0. The van der Waals surface area contributed by atoms with E-state index >= 15 is 0 Å². The Hall–Kier alpha value is -5.19. The molecule has 0 aliphatic rings. The Balaban J connectivity index is 0.000000116. The molecule has 11 rings (SSSR count). The molecule has 5 heteroatoms. The highest BCUT2D eigenvalue weighted by Crippen LogP contribution is 2.43. The molecule has 59 heavy (non-hydrogen) atoms. The van der Waals surface area contributed by atoms with Crippen LogP contribution in [0.5, 0.6) is 0 Å². The predicted octanol–water partition coefficient (Wildman–Crippen LogP) is 18.8. The van der Waals surface area contributed by atoms with Crippen molar-refractivity contribution in [3.05, 3.63) is 224 Å². The molecule has 0 nitrogen and oxygen atoms in total. The van der Waals surface area contributed by atoms with Gasteiger partial charge in [-0.2, -0.15) is 0 Å². The van der Waals surface area contributed by atoms with Crippen LogP contribution in [-0.4, -0.2) is 0 Å². The second-order valence-electron chi connectivity index (χ2n) is 14.3. The Morgan fingerprint density at radius 2 is 0.610 bits per heavy atom. The summed E-state index contributed by atoms with van der Waals surface area (Å²) in [5, 5.41) is 16.9. The Morgan fingerprint density at radius 3 is 1.22 bits per heavy atom. The molecular formula is C54H33Br2Cl3. The highest BCUT2D eigenvalue weighted by atomic mass is 79.9. The molecule has 0 heterocycles. The van der Waals surface area contributed by atoms with Crippen LogP contribution in [0.25, 0.3) is 86.9 Å². The van der Waals surface area contributed by atoms with Crippen molar-refractivity contribution in [2.45, 2.75) is 0 Å². The summed E-state index contributed by atoms with van der Waals surface area (Å²) in [6, 6.07) is 68.9.